The van der Waals surface area contributed by atoms with E-state index in [0.717, 1.165) is 29.4 Å². The highest BCUT2D eigenvalue weighted by atomic mass is 16.5. The minimum atomic E-state index is 0.153. The molecule has 3 rings (SSSR count). The number of nitrogens with zero attached hydrogens (tertiary/aromatic N) is 1. The average molecular weight is 269 g/mol. The van der Waals surface area contributed by atoms with Crippen molar-refractivity contribution in [2.45, 2.75) is 12.8 Å². The predicted molar refractivity (Wildman–Crippen MR) is 80.5 cm³/mol. The molecule has 1 aliphatic heterocycles. The fourth-order valence-corrected chi connectivity index (χ4v) is 2.93. The lowest BCUT2D eigenvalue weighted by molar-refractivity contribution is 0.0944. The number of benzene rings is 2. The van der Waals surface area contributed by atoms with Crippen LogP contribution < -0.4 is 4.74 Å². The molecule has 2 aromatic rings. The smallest absolute Gasteiger partial charge is 0.181 e. The molecule has 0 unspecified atom stereocenters. The summed E-state index contributed by atoms with van der Waals surface area (Å²) in [5.41, 5.74) is 0.720. The first-order valence-electron chi connectivity index (χ1n) is 7.11. The standard InChI is InChI=1S/C17H19NO2/c1-20-16-9-8-13-6-2-3-7-14(13)17(16)15(19)12-18-10-4-5-11-18/h2-3,6-9H,4-5,10-12H2,1H3. The van der Waals surface area contributed by atoms with E-state index < -0.39 is 0 Å². The zero-order valence-corrected chi connectivity index (χ0v) is 11.8. The first kappa shape index (κ1) is 13.1. The molecule has 0 saturated carbocycles. The molecule has 0 bridgehead atoms. The average Bonchev–Trinajstić information content (AvgIpc) is 2.98. The Bertz CT molecular complexity index is 630. The van der Waals surface area contributed by atoms with E-state index >= 15 is 0 Å². The Morgan fingerprint density at radius 2 is 1.90 bits per heavy atom. The summed E-state index contributed by atoms with van der Waals surface area (Å²) in [4.78, 5) is 14.9. The van der Waals surface area contributed by atoms with Crippen LogP contribution in [0.3, 0.4) is 0 Å². The van der Waals surface area contributed by atoms with Crippen LogP contribution in [-0.4, -0.2) is 37.4 Å². The zero-order chi connectivity index (χ0) is 13.9. The van der Waals surface area contributed by atoms with Gasteiger partial charge in [-0.05, 0) is 42.8 Å². The normalized spacial score (nSPS) is 15.7. The van der Waals surface area contributed by atoms with E-state index in [9.17, 15) is 4.79 Å². The molecule has 3 heteroatoms. The van der Waals surface area contributed by atoms with Gasteiger partial charge in [-0.2, -0.15) is 0 Å². The van der Waals surface area contributed by atoms with E-state index in [2.05, 4.69) is 4.90 Å². The number of carbonyl (C=O) groups excluding carboxylic acids is 1. The third-order valence-corrected chi connectivity index (χ3v) is 3.96. The van der Waals surface area contributed by atoms with Gasteiger partial charge in [0.2, 0.25) is 0 Å². The molecule has 104 valence electrons. The van der Waals surface area contributed by atoms with Crippen LogP contribution in [-0.2, 0) is 0 Å². The Kier molecular flexibility index (Phi) is 3.70. The lowest BCUT2D eigenvalue weighted by atomic mass is 10.00. The molecule has 0 aromatic heterocycles. The molecule has 0 aliphatic carbocycles. The number of likely N-dealkylation sites (tertiary alicyclic amines) is 1. The number of rotatable bonds is 4. The van der Waals surface area contributed by atoms with Crippen molar-refractivity contribution < 1.29 is 9.53 Å². The second-order valence-electron chi connectivity index (χ2n) is 5.27. The molecule has 1 saturated heterocycles. The summed E-state index contributed by atoms with van der Waals surface area (Å²) in [6.07, 6.45) is 2.39. The van der Waals surface area contributed by atoms with Crippen LogP contribution in [0.2, 0.25) is 0 Å². The molecule has 1 fully saturated rings. The number of fused-ring (bicyclic) bond motifs is 1. The summed E-state index contributed by atoms with van der Waals surface area (Å²) >= 11 is 0. The Hall–Kier alpha value is -1.87. The van der Waals surface area contributed by atoms with Crippen molar-refractivity contribution in [3.63, 3.8) is 0 Å². The highest BCUT2D eigenvalue weighted by Gasteiger charge is 2.20. The fraction of sp³-hybridized carbons (Fsp3) is 0.353. The van der Waals surface area contributed by atoms with Crippen LogP contribution in [0.15, 0.2) is 36.4 Å². The molecule has 0 radical (unpaired) electrons. The maximum Gasteiger partial charge on any atom is 0.181 e. The molecule has 1 heterocycles. The number of methoxy groups -OCH3 is 1. The van der Waals surface area contributed by atoms with E-state index in [1.54, 1.807) is 7.11 Å². The lowest BCUT2D eigenvalue weighted by Gasteiger charge is -2.16. The summed E-state index contributed by atoms with van der Waals surface area (Å²) in [6.45, 7) is 2.54. The van der Waals surface area contributed by atoms with Crippen molar-refractivity contribution in [3.8, 4) is 5.75 Å². The number of carbonyl (C=O) groups is 1. The minimum absolute atomic E-state index is 0.153. The second-order valence-corrected chi connectivity index (χ2v) is 5.27. The molecule has 3 nitrogen and oxygen atoms in total. The van der Waals surface area contributed by atoms with E-state index in [0.29, 0.717) is 12.3 Å². The number of ketones is 1. The first-order chi connectivity index (χ1) is 9.79. The monoisotopic (exact) mass is 269 g/mol. The molecule has 0 atom stereocenters. The molecule has 1 aliphatic rings. The van der Waals surface area contributed by atoms with E-state index in [4.69, 9.17) is 4.74 Å². The van der Waals surface area contributed by atoms with Crippen LogP contribution in [0.1, 0.15) is 23.2 Å². The second kappa shape index (κ2) is 5.63. The molecule has 20 heavy (non-hydrogen) atoms. The van der Waals surface area contributed by atoms with Gasteiger partial charge < -0.3 is 4.74 Å². The van der Waals surface area contributed by atoms with Crippen LogP contribution in [0, 0.1) is 0 Å². The maximum atomic E-state index is 12.7. The SMILES string of the molecule is COc1ccc2ccccc2c1C(=O)CN1CCCC1. The number of Topliss-reactive ketones (excluding diaryl/α,β-unsaturated/α-hetero) is 1. The van der Waals surface area contributed by atoms with Gasteiger partial charge in [-0.3, -0.25) is 9.69 Å². The molecular formula is C17H19NO2. The molecule has 2 aromatic carbocycles. The first-order valence-corrected chi connectivity index (χ1v) is 7.11. The van der Waals surface area contributed by atoms with Gasteiger partial charge >= 0.3 is 0 Å². The molecule has 0 amide bonds. The lowest BCUT2D eigenvalue weighted by Crippen LogP contribution is -2.27. The summed E-state index contributed by atoms with van der Waals surface area (Å²) < 4.78 is 5.40. The van der Waals surface area contributed by atoms with Gasteiger partial charge in [0.15, 0.2) is 5.78 Å². The Morgan fingerprint density at radius 3 is 2.65 bits per heavy atom. The maximum absolute atomic E-state index is 12.7. The summed E-state index contributed by atoms with van der Waals surface area (Å²) in [7, 11) is 1.62. The van der Waals surface area contributed by atoms with Crippen molar-refractivity contribution >= 4 is 16.6 Å². The van der Waals surface area contributed by atoms with Gasteiger partial charge in [-0.1, -0.05) is 30.3 Å². The van der Waals surface area contributed by atoms with Crippen LogP contribution >= 0.6 is 0 Å². The van der Waals surface area contributed by atoms with Crippen molar-refractivity contribution in [1.29, 1.82) is 0 Å². The number of ether oxygens (including phenoxy) is 1. The van der Waals surface area contributed by atoms with Gasteiger partial charge in [0, 0.05) is 0 Å². The van der Waals surface area contributed by atoms with Gasteiger partial charge in [0.05, 0.1) is 19.2 Å². The Morgan fingerprint density at radius 1 is 1.15 bits per heavy atom. The van der Waals surface area contributed by atoms with Crippen molar-refractivity contribution in [2.24, 2.45) is 0 Å². The zero-order valence-electron chi connectivity index (χ0n) is 11.8. The Labute approximate surface area is 119 Å². The number of hydrogen-bond donors (Lipinski definition) is 0. The Balaban J connectivity index is 2.01. The number of hydrogen-bond acceptors (Lipinski definition) is 3. The molecular weight excluding hydrogens is 250 g/mol. The van der Waals surface area contributed by atoms with Crippen LogP contribution in [0.5, 0.6) is 5.75 Å². The third-order valence-electron chi connectivity index (χ3n) is 3.96. The quantitative estimate of drug-likeness (QED) is 0.799. The highest BCUT2D eigenvalue weighted by Crippen LogP contribution is 2.28. The minimum Gasteiger partial charge on any atom is -0.496 e. The van der Waals surface area contributed by atoms with Crippen molar-refractivity contribution in [2.75, 3.05) is 26.7 Å². The van der Waals surface area contributed by atoms with Gasteiger partial charge in [0.1, 0.15) is 5.75 Å². The van der Waals surface area contributed by atoms with E-state index in [-0.39, 0.29) is 5.78 Å². The van der Waals surface area contributed by atoms with Crippen molar-refractivity contribution in [1.82, 2.24) is 4.90 Å². The highest BCUT2D eigenvalue weighted by molar-refractivity contribution is 6.11. The van der Waals surface area contributed by atoms with Crippen LogP contribution in [0.4, 0.5) is 0 Å². The van der Waals surface area contributed by atoms with Gasteiger partial charge in [-0.25, -0.2) is 0 Å². The molecule has 0 N–H and O–H groups in total. The third kappa shape index (κ3) is 2.41. The fourth-order valence-electron chi connectivity index (χ4n) is 2.93. The van der Waals surface area contributed by atoms with Crippen LogP contribution in [0.25, 0.3) is 10.8 Å². The van der Waals surface area contributed by atoms with E-state index in [1.807, 2.05) is 36.4 Å². The van der Waals surface area contributed by atoms with Gasteiger partial charge in [-0.15, -0.1) is 0 Å². The largest absolute Gasteiger partial charge is 0.496 e. The summed E-state index contributed by atoms with van der Waals surface area (Å²) in [5.74, 6) is 0.827. The van der Waals surface area contributed by atoms with Gasteiger partial charge in [0.25, 0.3) is 0 Å². The van der Waals surface area contributed by atoms with E-state index in [1.165, 1.54) is 12.8 Å². The summed E-state index contributed by atoms with van der Waals surface area (Å²) in [6, 6.07) is 11.9. The molecule has 0 spiro atoms. The van der Waals surface area contributed by atoms with Crippen molar-refractivity contribution in [3.05, 3.63) is 42.0 Å². The predicted octanol–water partition coefficient (Wildman–Crippen LogP) is 3.13. The topological polar surface area (TPSA) is 29.5 Å². The summed E-state index contributed by atoms with van der Waals surface area (Å²) in [5, 5.41) is 2.06.